The van der Waals surface area contributed by atoms with Crippen molar-refractivity contribution in [2.24, 2.45) is 10.7 Å². The third-order valence-electron chi connectivity index (χ3n) is 2.71. The molecule has 0 radical (unpaired) electrons. The summed E-state index contributed by atoms with van der Waals surface area (Å²) < 4.78 is 51.3. The maximum Gasteiger partial charge on any atom is 0.419 e. The molecule has 1 aliphatic rings. The van der Waals surface area contributed by atoms with Gasteiger partial charge in [0.25, 0.3) is 0 Å². The maximum absolute atomic E-state index is 13.7. The molecule has 0 atom stereocenters. The molecule has 0 saturated heterocycles. The van der Waals surface area contributed by atoms with Gasteiger partial charge in [-0.25, -0.2) is 4.39 Å². The summed E-state index contributed by atoms with van der Waals surface area (Å²) in [6.07, 6.45) is -4.69. The number of rotatable bonds is 2. The van der Waals surface area contributed by atoms with Gasteiger partial charge in [-0.15, -0.1) is 0 Å². The molecule has 1 aromatic rings. The molecule has 0 amide bonds. The molecule has 0 fully saturated rings. The van der Waals surface area contributed by atoms with Crippen LogP contribution in [0.2, 0.25) is 0 Å². The number of nitrogens with two attached hydrogens (primary N) is 1. The number of nitrogens with zero attached hydrogens (tertiary/aromatic N) is 2. The third-order valence-corrected chi connectivity index (χ3v) is 2.71. The fraction of sp³-hybridized carbons (Fsp3) is 0.364. The van der Waals surface area contributed by atoms with Crippen molar-refractivity contribution in [1.29, 1.82) is 0 Å². The van der Waals surface area contributed by atoms with Crippen LogP contribution in [0, 0.1) is 5.82 Å². The number of guanidine groups is 1. The quantitative estimate of drug-likeness (QED) is 0.827. The van der Waals surface area contributed by atoms with Crippen molar-refractivity contribution in [1.82, 2.24) is 4.90 Å². The lowest BCUT2D eigenvalue weighted by Gasteiger charge is -2.19. The van der Waals surface area contributed by atoms with Gasteiger partial charge in [0.1, 0.15) is 5.82 Å². The minimum Gasteiger partial charge on any atom is -0.370 e. The van der Waals surface area contributed by atoms with Gasteiger partial charge in [-0.1, -0.05) is 12.1 Å². The molecule has 0 saturated carbocycles. The maximum atomic E-state index is 13.7. The Morgan fingerprint density at radius 1 is 1.33 bits per heavy atom. The molecule has 18 heavy (non-hydrogen) atoms. The van der Waals surface area contributed by atoms with Gasteiger partial charge < -0.3 is 10.6 Å². The molecule has 1 heterocycles. The van der Waals surface area contributed by atoms with Gasteiger partial charge in [0.15, 0.2) is 5.96 Å². The van der Waals surface area contributed by atoms with Crippen LogP contribution in [0.4, 0.5) is 17.6 Å². The van der Waals surface area contributed by atoms with Gasteiger partial charge in [-0.3, -0.25) is 4.99 Å². The van der Waals surface area contributed by atoms with E-state index in [9.17, 15) is 17.6 Å². The average molecular weight is 261 g/mol. The first-order valence-electron chi connectivity index (χ1n) is 5.29. The second-order valence-electron chi connectivity index (χ2n) is 3.94. The van der Waals surface area contributed by atoms with Crippen molar-refractivity contribution in [2.45, 2.75) is 12.7 Å². The Kier molecular flexibility index (Phi) is 3.14. The molecule has 3 nitrogen and oxygen atoms in total. The van der Waals surface area contributed by atoms with Crippen molar-refractivity contribution >= 4 is 5.96 Å². The van der Waals surface area contributed by atoms with E-state index in [2.05, 4.69) is 4.99 Å². The first-order valence-corrected chi connectivity index (χ1v) is 5.29. The highest BCUT2D eigenvalue weighted by Gasteiger charge is 2.35. The molecule has 7 heteroatoms. The van der Waals surface area contributed by atoms with Gasteiger partial charge in [-0.2, -0.15) is 13.2 Å². The smallest absolute Gasteiger partial charge is 0.370 e. The average Bonchev–Trinajstić information content (AvgIpc) is 2.66. The van der Waals surface area contributed by atoms with E-state index in [0.29, 0.717) is 13.1 Å². The Hall–Kier alpha value is -1.79. The van der Waals surface area contributed by atoms with E-state index in [1.54, 1.807) is 4.90 Å². The number of benzene rings is 1. The Labute approximate surface area is 101 Å². The lowest BCUT2D eigenvalue weighted by Crippen LogP contribution is -2.33. The number of halogens is 4. The zero-order valence-electron chi connectivity index (χ0n) is 9.34. The standard InChI is InChI=1S/C11H11F4N3/c12-9-7(6-18-5-4-17-10(18)16)2-1-3-8(9)11(13,14)15/h1-3H,4-6H2,(H2,16,17). The molecular formula is C11H11F4N3. The summed E-state index contributed by atoms with van der Waals surface area (Å²) in [5, 5.41) is 0. The molecule has 0 aliphatic carbocycles. The monoisotopic (exact) mass is 261 g/mol. The minimum absolute atomic E-state index is 0.00884. The predicted octanol–water partition coefficient (Wildman–Crippen LogP) is 1.97. The van der Waals surface area contributed by atoms with E-state index in [1.165, 1.54) is 12.1 Å². The normalized spacial score (nSPS) is 16.0. The zero-order chi connectivity index (χ0) is 13.3. The largest absolute Gasteiger partial charge is 0.419 e. The summed E-state index contributed by atoms with van der Waals surface area (Å²) in [4.78, 5) is 5.43. The van der Waals surface area contributed by atoms with Crippen LogP contribution < -0.4 is 5.73 Å². The molecule has 0 spiro atoms. The van der Waals surface area contributed by atoms with E-state index in [4.69, 9.17) is 5.73 Å². The summed E-state index contributed by atoms with van der Waals surface area (Å²) in [5.41, 5.74) is 4.24. The van der Waals surface area contributed by atoms with Crippen molar-refractivity contribution < 1.29 is 17.6 Å². The highest BCUT2D eigenvalue weighted by molar-refractivity contribution is 5.79. The van der Waals surface area contributed by atoms with Crippen LogP contribution in [0.1, 0.15) is 11.1 Å². The number of hydrogen-bond donors (Lipinski definition) is 1. The van der Waals surface area contributed by atoms with E-state index in [0.717, 1.165) is 6.07 Å². The van der Waals surface area contributed by atoms with E-state index in [1.807, 2.05) is 0 Å². The van der Waals surface area contributed by atoms with Crippen LogP contribution in [-0.2, 0) is 12.7 Å². The van der Waals surface area contributed by atoms with Gasteiger partial charge in [0.05, 0.1) is 12.1 Å². The van der Waals surface area contributed by atoms with Crippen molar-refractivity contribution in [2.75, 3.05) is 13.1 Å². The van der Waals surface area contributed by atoms with Gasteiger partial charge in [0.2, 0.25) is 0 Å². The topological polar surface area (TPSA) is 41.6 Å². The molecule has 1 aliphatic heterocycles. The molecule has 2 rings (SSSR count). The van der Waals surface area contributed by atoms with Gasteiger partial charge in [0, 0.05) is 18.7 Å². The van der Waals surface area contributed by atoms with Crippen LogP contribution >= 0.6 is 0 Å². The molecule has 0 aromatic heterocycles. The van der Waals surface area contributed by atoms with Crippen LogP contribution in [0.5, 0.6) is 0 Å². The van der Waals surface area contributed by atoms with Crippen LogP contribution in [0.25, 0.3) is 0 Å². The summed E-state index contributed by atoms with van der Waals surface area (Å²) >= 11 is 0. The van der Waals surface area contributed by atoms with E-state index < -0.39 is 17.6 Å². The second kappa shape index (κ2) is 4.47. The third kappa shape index (κ3) is 2.39. The molecular weight excluding hydrogens is 250 g/mol. The van der Waals surface area contributed by atoms with Crippen LogP contribution in [-0.4, -0.2) is 23.9 Å². The SMILES string of the molecule is NC1=NCCN1Cc1cccc(C(F)(F)F)c1F. The number of aliphatic imine (C=N–C) groups is 1. The highest BCUT2D eigenvalue weighted by Crippen LogP contribution is 2.32. The second-order valence-corrected chi connectivity index (χ2v) is 3.94. The zero-order valence-corrected chi connectivity index (χ0v) is 9.34. The van der Waals surface area contributed by atoms with Crippen LogP contribution in [0.15, 0.2) is 23.2 Å². The highest BCUT2D eigenvalue weighted by atomic mass is 19.4. The fourth-order valence-electron chi connectivity index (χ4n) is 1.79. The lowest BCUT2D eigenvalue weighted by molar-refractivity contribution is -0.140. The predicted molar refractivity (Wildman–Crippen MR) is 58.3 cm³/mol. The summed E-state index contributed by atoms with van der Waals surface area (Å²) in [5.74, 6) is -1.02. The summed E-state index contributed by atoms with van der Waals surface area (Å²) in [6.45, 7) is 0.957. The minimum atomic E-state index is -4.69. The molecule has 98 valence electrons. The molecule has 0 unspecified atom stereocenters. The van der Waals surface area contributed by atoms with Crippen molar-refractivity contribution in [3.8, 4) is 0 Å². The fourth-order valence-corrected chi connectivity index (χ4v) is 1.79. The Morgan fingerprint density at radius 3 is 2.61 bits per heavy atom. The Balaban J connectivity index is 2.27. The van der Waals surface area contributed by atoms with E-state index in [-0.39, 0.29) is 18.1 Å². The Morgan fingerprint density at radius 2 is 2.06 bits per heavy atom. The molecule has 2 N–H and O–H groups in total. The summed E-state index contributed by atoms with van der Waals surface area (Å²) in [6, 6.07) is 3.22. The number of alkyl halides is 3. The molecule has 1 aromatic carbocycles. The van der Waals surface area contributed by atoms with Crippen LogP contribution in [0.3, 0.4) is 0 Å². The first-order chi connectivity index (χ1) is 8.39. The van der Waals surface area contributed by atoms with Crippen molar-refractivity contribution in [3.05, 3.63) is 35.1 Å². The van der Waals surface area contributed by atoms with Gasteiger partial charge >= 0.3 is 6.18 Å². The summed E-state index contributed by atoms with van der Waals surface area (Å²) in [7, 11) is 0. The van der Waals surface area contributed by atoms with E-state index >= 15 is 0 Å². The Bertz CT molecular complexity index is 482. The number of hydrogen-bond acceptors (Lipinski definition) is 3. The van der Waals surface area contributed by atoms with Gasteiger partial charge in [-0.05, 0) is 6.07 Å². The lowest BCUT2D eigenvalue weighted by atomic mass is 10.1. The first kappa shape index (κ1) is 12.7. The van der Waals surface area contributed by atoms with Crippen molar-refractivity contribution in [3.63, 3.8) is 0 Å². The molecule has 0 bridgehead atoms.